The minimum atomic E-state index is -0.532. The van der Waals surface area contributed by atoms with Crippen molar-refractivity contribution in [1.82, 2.24) is 5.43 Å². The molecule has 5 N–H and O–H groups in total. The van der Waals surface area contributed by atoms with Crippen LogP contribution in [0.3, 0.4) is 0 Å². The fourth-order valence-corrected chi connectivity index (χ4v) is 1.54. The van der Waals surface area contributed by atoms with Crippen LogP contribution in [0.2, 0.25) is 0 Å². The second kappa shape index (κ2) is 5.89. The van der Waals surface area contributed by atoms with Crippen LogP contribution in [0.1, 0.15) is 26.7 Å². The Morgan fingerprint density at radius 1 is 1.25 bits per heavy atom. The zero-order chi connectivity index (χ0) is 14.5. The number of nitrogens with two attached hydrogens (primary N) is 2. The van der Waals surface area contributed by atoms with E-state index in [1.165, 1.54) is 12.1 Å². The summed E-state index contributed by atoms with van der Waals surface area (Å²) in [5.74, 6) is 4.96. The lowest BCUT2D eigenvalue weighted by molar-refractivity contribution is 0.0921. The van der Waals surface area contributed by atoms with Gasteiger partial charge in [-0.1, -0.05) is 6.07 Å². The number of hydrogen-bond acceptors (Lipinski definition) is 5. The average molecular weight is 275 g/mol. The fraction of sp³-hybridized carbons (Fsp3) is 0.0769. The molecule has 1 heterocycles. The molecule has 7 heteroatoms. The van der Waals surface area contributed by atoms with Crippen molar-refractivity contribution < 1.29 is 18.7 Å². The quantitative estimate of drug-likeness (QED) is 0.418. The molecule has 2 aromatic rings. The first kappa shape index (κ1) is 13.6. The number of ether oxygens (including phenoxy) is 1. The molecule has 2 amide bonds. The number of amides is 2. The summed E-state index contributed by atoms with van der Waals surface area (Å²) in [7, 11) is 0. The van der Waals surface area contributed by atoms with Crippen LogP contribution in [0.15, 0.2) is 40.8 Å². The fourth-order valence-electron chi connectivity index (χ4n) is 1.54. The second-order valence-electron chi connectivity index (χ2n) is 3.92. The Hall–Kier alpha value is -2.80. The number of carbonyl (C=O) groups is 2. The lowest BCUT2D eigenvalue weighted by atomic mass is 10.2. The first-order chi connectivity index (χ1) is 9.60. The van der Waals surface area contributed by atoms with Crippen LogP contribution in [0.4, 0.5) is 0 Å². The van der Waals surface area contributed by atoms with E-state index in [0.717, 1.165) is 0 Å². The molecular formula is C13H13N3O4. The van der Waals surface area contributed by atoms with Gasteiger partial charge >= 0.3 is 5.91 Å². The first-order valence-electron chi connectivity index (χ1n) is 5.72. The third kappa shape index (κ3) is 3.15. The van der Waals surface area contributed by atoms with Gasteiger partial charge in [0.15, 0.2) is 5.76 Å². The second-order valence-corrected chi connectivity index (χ2v) is 3.92. The summed E-state index contributed by atoms with van der Waals surface area (Å²) in [6.45, 7) is 0.111. The van der Waals surface area contributed by atoms with E-state index < -0.39 is 11.8 Å². The Labute approximate surface area is 114 Å². The van der Waals surface area contributed by atoms with Gasteiger partial charge in [-0.15, -0.1) is 0 Å². The minimum Gasteiger partial charge on any atom is -0.486 e. The van der Waals surface area contributed by atoms with Crippen molar-refractivity contribution >= 4 is 11.8 Å². The topological polar surface area (TPSA) is 121 Å². The van der Waals surface area contributed by atoms with Crippen molar-refractivity contribution in [1.29, 1.82) is 0 Å². The first-order valence-corrected chi connectivity index (χ1v) is 5.72. The van der Waals surface area contributed by atoms with Gasteiger partial charge in [0.05, 0.1) is 0 Å². The van der Waals surface area contributed by atoms with Gasteiger partial charge in [0.1, 0.15) is 18.1 Å². The molecule has 0 aliphatic carbocycles. The Morgan fingerprint density at radius 2 is 2.05 bits per heavy atom. The number of furan rings is 1. The Bertz CT molecular complexity index is 636. The maximum Gasteiger partial charge on any atom is 0.300 e. The third-order valence-electron chi connectivity index (χ3n) is 2.52. The van der Waals surface area contributed by atoms with Crippen LogP contribution in [0.5, 0.6) is 5.75 Å². The van der Waals surface area contributed by atoms with Gasteiger partial charge in [0.25, 0.3) is 0 Å². The van der Waals surface area contributed by atoms with Crippen molar-refractivity contribution in [3.63, 3.8) is 0 Å². The number of carbonyl (C=O) groups excluding carboxylic acids is 2. The Balaban J connectivity index is 2.01. The predicted octanol–water partition coefficient (Wildman–Crippen LogP) is 0.561. The number of hydrazine groups is 1. The summed E-state index contributed by atoms with van der Waals surface area (Å²) in [4.78, 5) is 22.2. The molecule has 0 radical (unpaired) electrons. The number of nitrogens with one attached hydrogen (secondary N) is 1. The van der Waals surface area contributed by atoms with E-state index in [-0.39, 0.29) is 12.4 Å². The van der Waals surface area contributed by atoms with Crippen LogP contribution >= 0.6 is 0 Å². The van der Waals surface area contributed by atoms with E-state index in [9.17, 15) is 9.59 Å². The molecule has 7 nitrogen and oxygen atoms in total. The van der Waals surface area contributed by atoms with Gasteiger partial charge in [-0.3, -0.25) is 15.0 Å². The summed E-state index contributed by atoms with van der Waals surface area (Å²) < 4.78 is 10.7. The van der Waals surface area contributed by atoms with Crippen molar-refractivity contribution in [3.05, 3.63) is 53.5 Å². The maximum atomic E-state index is 11.2. The molecule has 0 saturated heterocycles. The molecule has 1 aromatic carbocycles. The number of rotatable bonds is 5. The summed E-state index contributed by atoms with van der Waals surface area (Å²) in [5.41, 5.74) is 7.49. The summed E-state index contributed by atoms with van der Waals surface area (Å²) >= 11 is 0. The standard InChI is InChI=1S/C13H13N3O4/c14-12(17)8-2-1-3-9(6-8)19-7-10-4-5-11(20-10)13(18)16-15/h1-6H,7,15H2,(H2,14,17)(H,16,18). The molecule has 0 aliphatic heterocycles. The van der Waals surface area contributed by atoms with Gasteiger partial charge in [-0.25, -0.2) is 5.84 Å². The molecular weight excluding hydrogens is 262 g/mol. The van der Waals surface area contributed by atoms with Crippen LogP contribution in [0.25, 0.3) is 0 Å². The molecule has 0 fully saturated rings. The van der Waals surface area contributed by atoms with Gasteiger partial charge in [-0.05, 0) is 30.3 Å². The summed E-state index contributed by atoms with van der Waals surface area (Å²) in [5, 5.41) is 0. The van der Waals surface area contributed by atoms with Crippen molar-refractivity contribution in [2.45, 2.75) is 6.61 Å². The number of primary amides is 1. The smallest absolute Gasteiger partial charge is 0.300 e. The molecule has 1 aromatic heterocycles. The van der Waals surface area contributed by atoms with Crippen LogP contribution in [0, 0.1) is 0 Å². The van der Waals surface area contributed by atoms with Gasteiger partial charge in [0, 0.05) is 5.56 Å². The molecule has 0 spiro atoms. The predicted molar refractivity (Wildman–Crippen MR) is 69.7 cm³/mol. The van der Waals surface area contributed by atoms with Gasteiger partial charge in [-0.2, -0.15) is 0 Å². The number of nitrogen functional groups attached to an aromatic ring is 1. The molecule has 20 heavy (non-hydrogen) atoms. The number of benzene rings is 1. The van der Waals surface area contributed by atoms with E-state index in [1.807, 2.05) is 5.43 Å². The normalized spacial score (nSPS) is 10.1. The van der Waals surface area contributed by atoms with Crippen molar-refractivity contribution in [2.75, 3.05) is 0 Å². The SMILES string of the molecule is NNC(=O)c1ccc(COc2cccc(C(N)=O)c2)o1. The Morgan fingerprint density at radius 3 is 2.75 bits per heavy atom. The highest BCUT2D eigenvalue weighted by molar-refractivity contribution is 5.93. The van der Waals surface area contributed by atoms with Crippen molar-refractivity contribution in [3.8, 4) is 5.75 Å². The number of hydrogen-bond donors (Lipinski definition) is 3. The molecule has 0 saturated carbocycles. The third-order valence-corrected chi connectivity index (χ3v) is 2.52. The summed E-state index contributed by atoms with van der Waals surface area (Å²) in [6.07, 6.45) is 0. The van der Waals surface area contributed by atoms with E-state index in [4.69, 9.17) is 20.7 Å². The molecule has 0 atom stereocenters. The van der Waals surface area contributed by atoms with E-state index in [2.05, 4.69) is 0 Å². The van der Waals surface area contributed by atoms with Crippen molar-refractivity contribution in [2.24, 2.45) is 11.6 Å². The molecule has 0 bridgehead atoms. The zero-order valence-corrected chi connectivity index (χ0v) is 10.5. The highest BCUT2D eigenvalue weighted by Gasteiger charge is 2.10. The van der Waals surface area contributed by atoms with E-state index >= 15 is 0 Å². The lowest BCUT2D eigenvalue weighted by Crippen LogP contribution is -2.29. The molecule has 0 aliphatic rings. The highest BCUT2D eigenvalue weighted by atomic mass is 16.5. The lowest BCUT2D eigenvalue weighted by Gasteiger charge is -2.05. The van der Waals surface area contributed by atoms with E-state index in [1.54, 1.807) is 24.3 Å². The highest BCUT2D eigenvalue weighted by Crippen LogP contribution is 2.16. The minimum absolute atomic E-state index is 0.0944. The largest absolute Gasteiger partial charge is 0.486 e. The Kier molecular flexibility index (Phi) is 4.02. The summed E-state index contributed by atoms with van der Waals surface area (Å²) in [6, 6.07) is 9.54. The van der Waals surface area contributed by atoms with Crippen LogP contribution in [-0.2, 0) is 6.61 Å². The zero-order valence-electron chi connectivity index (χ0n) is 10.5. The van der Waals surface area contributed by atoms with Gasteiger partial charge < -0.3 is 14.9 Å². The average Bonchev–Trinajstić information content (AvgIpc) is 2.93. The maximum absolute atomic E-state index is 11.2. The van der Waals surface area contributed by atoms with Crippen LogP contribution < -0.4 is 21.7 Å². The van der Waals surface area contributed by atoms with Crippen LogP contribution in [-0.4, -0.2) is 11.8 Å². The van der Waals surface area contributed by atoms with E-state index in [0.29, 0.717) is 17.1 Å². The molecule has 2 rings (SSSR count). The monoisotopic (exact) mass is 275 g/mol. The molecule has 104 valence electrons. The van der Waals surface area contributed by atoms with Gasteiger partial charge in [0.2, 0.25) is 5.91 Å². The molecule has 0 unspecified atom stereocenters.